The van der Waals surface area contributed by atoms with Crippen LogP contribution < -0.4 is 5.32 Å². The highest BCUT2D eigenvalue weighted by molar-refractivity contribution is 8.00. The summed E-state index contributed by atoms with van der Waals surface area (Å²) in [7, 11) is -3.85. The Morgan fingerprint density at radius 1 is 1.13 bits per heavy atom. The normalized spacial score (nSPS) is 16.4. The molecule has 2 aromatic rings. The van der Waals surface area contributed by atoms with Crippen molar-refractivity contribution in [3.63, 3.8) is 0 Å². The summed E-state index contributed by atoms with van der Waals surface area (Å²) in [5.74, 6) is 0.161. The van der Waals surface area contributed by atoms with Crippen LogP contribution in [0.25, 0.3) is 4.91 Å². The minimum Gasteiger partial charge on any atom is -0.324 e. The summed E-state index contributed by atoms with van der Waals surface area (Å²) in [5, 5.41) is 3.32. The van der Waals surface area contributed by atoms with E-state index in [9.17, 15) is 12.8 Å². The summed E-state index contributed by atoms with van der Waals surface area (Å²) in [6.07, 6.45) is 1.44. The van der Waals surface area contributed by atoms with Crippen LogP contribution >= 0.6 is 11.6 Å². The number of anilines is 1. The van der Waals surface area contributed by atoms with Gasteiger partial charge >= 0.3 is 0 Å². The zero-order valence-corrected chi connectivity index (χ0v) is 13.5. The minimum atomic E-state index is -3.85. The van der Waals surface area contributed by atoms with E-state index in [0.29, 0.717) is 22.0 Å². The van der Waals surface area contributed by atoms with Crippen molar-refractivity contribution in [1.82, 2.24) is 4.98 Å². The second-order valence-electron chi connectivity index (χ2n) is 4.86. The minimum absolute atomic E-state index is 0.0500. The molecule has 0 spiro atoms. The van der Waals surface area contributed by atoms with Crippen molar-refractivity contribution in [2.24, 2.45) is 4.40 Å². The predicted octanol–water partition coefficient (Wildman–Crippen LogP) is 3.46. The highest BCUT2D eigenvalue weighted by Gasteiger charge is 2.31. The van der Waals surface area contributed by atoms with Gasteiger partial charge in [-0.1, -0.05) is 23.7 Å². The van der Waals surface area contributed by atoms with Crippen molar-refractivity contribution in [2.45, 2.75) is 6.92 Å². The van der Waals surface area contributed by atoms with Gasteiger partial charge in [-0.25, -0.2) is 9.37 Å². The van der Waals surface area contributed by atoms with Gasteiger partial charge in [0.2, 0.25) is 0 Å². The average Bonchev–Trinajstić information content (AvgIpc) is 2.72. The molecule has 0 bridgehead atoms. The number of nitrogens with zero attached hydrogens (tertiary/aromatic N) is 2. The fourth-order valence-electron chi connectivity index (χ4n) is 2.19. The molecule has 2 heterocycles. The van der Waals surface area contributed by atoms with E-state index in [4.69, 9.17) is 11.6 Å². The lowest BCUT2D eigenvalue weighted by atomic mass is 10.1. The molecule has 8 heteroatoms. The first-order valence-corrected chi connectivity index (χ1v) is 8.39. The average molecular weight is 352 g/mol. The number of pyridine rings is 1. The Balaban J connectivity index is 1.99. The third-order valence-corrected chi connectivity index (χ3v) is 4.95. The largest absolute Gasteiger partial charge is 0.324 e. The lowest BCUT2D eigenvalue weighted by molar-refractivity contribution is 0.608. The lowest BCUT2D eigenvalue weighted by Gasteiger charge is -2.06. The molecule has 0 unspecified atom stereocenters. The van der Waals surface area contributed by atoms with Crippen molar-refractivity contribution in [3.05, 3.63) is 64.6 Å². The molecule has 0 fully saturated rings. The van der Waals surface area contributed by atoms with E-state index in [1.54, 1.807) is 19.1 Å². The molecular weight excluding hydrogens is 341 g/mol. The number of nitrogens with one attached hydrogen (secondary N) is 1. The molecule has 1 N–H and O–H groups in total. The van der Waals surface area contributed by atoms with Crippen molar-refractivity contribution in [3.8, 4) is 0 Å². The van der Waals surface area contributed by atoms with Crippen LogP contribution in [0, 0.1) is 5.82 Å². The zero-order chi connectivity index (χ0) is 16.6. The highest BCUT2D eigenvalue weighted by atomic mass is 35.5. The first kappa shape index (κ1) is 15.6. The van der Waals surface area contributed by atoms with Crippen molar-refractivity contribution < 1.29 is 12.8 Å². The smallest absolute Gasteiger partial charge is 0.285 e. The third-order valence-electron chi connectivity index (χ3n) is 3.25. The zero-order valence-electron chi connectivity index (χ0n) is 11.9. The Labute approximate surface area is 137 Å². The van der Waals surface area contributed by atoms with E-state index in [1.807, 2.05) is 0 Å². The van der Waals surface area contributed by atoms with Gasteiger partial charge in [0.05, 0.1) is 5.02 Å². The van der Waals surface area contributed by atoms with Crippen molar-refractivity contribution in [2.75, 3.05) is 5.32 Å². The number of hydrogen-bond donors (Lipinski definition) is 1. The third kappa shape index (κ3) is 3.11. The standard InChI is InChI=1S/C15H11ClFN3O2S/c1-9-14(10-2-5-12(17)6-3-10)23(21,22)20-15(9)19-13-7-4-11(16)8-18-13/h2-8H,1H3,(H,18,19,20). The number of rotatable bonds is 2. The summed E-state index contributed by atoms with van der Waals surface area (Å²) >= 11 is 5.76. The van der Waals surface area contributed by atoms with E-state index in [0.717, 1.165) is 0 Å². The van der Waals surface area contributed by atoms with Crippen LogP contribution in [0.5, 0.6) is 0 Å². The molecule has 0 atom stereocenters. The van der Waals surface area contributed by atoms with E-state index in [2.05, 4.69) is 14.7 Å². The molecule has 1 aromatic heterocycles. The summed E-state index contributed by atoms with van der Waals surface area (Å²) < 4.78 is 41.4. The molecule has 0 amide bonds. The fourth-order valence-corrected chi connectivity index (χ4v) is 3.73. The monoisotopic (exact) mass is 351 g/mol. The van der Waals surface area contributed by atoms with Crippen molar-refractivity contribution >= 4 is 38.2 Å². The Morgan fingerprint density at radius 3 is 2.43 bits per heavy atom. The molecule has 23 heavy (non-hydrogen) atoms. The second kappa shape index (κ2) is 5.75. The molecule has 5 nitrogen and oxygen atoms in total. The van der Waals surface area contributed by atoms with Crippen LogP contribution in [0.1, 0.15) is 12.5 Å². The van der Waals surface area contributed by atoms with Gasteiger partial charge in [-0.3, -0.25) is 0 Å². The molecular formula is C15H11ClFN3O2S. The molecule has 1 aromatic carbocycles. The quantitative estimate of drug-likeness (QED) is 0.899. The first-order chi connectivity index (χ1) is 10.9. The van der Waals surface area contributed by atoms with Crippen LogP contribution in [-0.2, 0) is 10.0 Å². The molecule has 3 rings (SSSR count). The summed E-state index contributed by atoms with van der Waals surface area (Å²) in [5.41, 5.74) is 0.821. The Morgan fingerprint density at radius 2 is 1.83 bits per heavy atom. The molecule has 118 valence electrons. The molecule has 0 aliphatic carbocycles. The summed E-state index contributed by atoms with van der Waals surface area (Å²) in [6.45, 7) is 1.63. The number of hydrogen-bond acceptors (Lipinski definition) is 4. The van der Waals surface area contributed by atoms with Crippen LogP contribution in [-0.4, -0.2) is 19.2 Å². The Hall–Kier alpha value is -2.25. The summed E-state index contributed by atoms with van der Waals surface area (Å²) in [4.78, 5) is 4.09. The van der Waals surface area contributed by atoms with E-state index >= 15 is 0 Å². The number of amidine groups is 1. The maximum atomic E-state index is 13.0. The van der Waals surface area contributed by atoms with Gasteiger partial charge in [-0.15, -0.1) is 4.40 Å². The number of benzene rings is 1. The Kier molecular flexibility index (Phi) is 3.91. The van der Waals surface area contributed by atoms with Gasteiger partial charge in [0.25, 0.3) is 10.0 Å². The van der Waals surface area contributed by atoms with Gasteiger partial charge in [0.1, 0.15) is 22.4 Å². The van der Waals surface area contributed by atoms with E-state index in [-0.39, 0.29) is 10.7 Å². The van der Waals surface area contributed by atoms with Crippen LogP contribution in [0.2, 0.25) is 5.02 Å². The predicted molar refractivity (Wildman–Crippen MR) is 88.2 cm³/mol. The van der Waals surface area contributed by atoms with E-state index in [1.165, 1.54) is 30.5 Å². The molecule has 0 saturated carbocycles. The van der Waals surface area contributed by atoms with Gasteiger partial charge in [0.15, 0.2) is 0 Å². The fraction of sp³-hybridized carbons (Fsp3) is 0.0667. The first-order valence-electron chi connectivity index (χ1n) is 6.57. The molecule has 0 saturated heterocycles. The van der Waals surface area contributed by atoms with Crippen molar-refractivity contribution in [1.29, 1.82) is 0 Å². The second-order valence-corrected chi connectivity index (χ2v) is 6.84. The molecule has 0 radical (unpaired) electrons. The Bertz CT molecular complexity index is 920. The maximum absolute atomic E-state index is 13.0. The molecule has 1 aliphatic heterocycles. The number of aromatic nitrogens is 1. The van der Waals surface area contributed by atoms with E-state index < -0.39 is 15.8 Å². The molecule has 1 aliphatic rings. The highest BCUT2D eigenvalue weighted by Crippen LogP contribution is 2.32. The SMILES string of the molecule is CC1=C(c2ccc(F)cc2)S(=O)(=O)N=C1Nc1ccc(Cl)cn1. The lowest BCUT2D eigenvalue weighted by Crippen LogP contribution is -2.12. The van der Waals surface area contributed by atoms with Gasteiger partial charge < -0.3 is 5.32 Å². The number of halogens is 2. The van der Waals surface area contributed by atoms with Gasteiger partial charge in [-0.05, 0) is 36.8 Å². The van der Waals surface area contributed by atoms with Crippen LogP contribution in [0.4, 0.5) is 10.2 Å². The van der Waals surface area contributed by atoms with Crippen LogP contribution in [0.15, 0.2) is 52.6 Å². The summed E-state index contributed by atoms with van der Waals surface area (Å²) in [6, 6.07) is 8.46. The number of sulfonamides is 1. The maximum Gasteiger partial charge on any atom is 0.285 e. The van der Waals surface area contributed by atoms with Gasteiger partial charge in [-0.2, -0.15) is 8.42 Å². The topological polar surface area (TPSA) is 71.4 Å². The van der Waals surface area contributed by atoms with Crippen LogP contribution in [0.3, 0.4) is 0 Å². The van der Waals surface area contributed by atoms with Gasteiger partial charge in [0, 0.05) is 11.8 Å².